The first-order valence-electron chi connectivity index (χ1n) is 6.30. The van der Waals surface area contributed by atoms with E-state index in [1.54, 1.807) is 30.3 Å². The molecule has 1 heterocycles. The number of phenols is 1. The highest BCUT2D eigenvalue weighted by atomic mass is 16.5. The number of hydrogen-bond donors (Lipinski definition) is 2. The van der Waals surface area contributed by atoms with Crippen LogP contribution in [0.5, 0.6) is 11.5 Å². The van der Waals surface area contributed by atoms with Gasteiger partial charge in [0.2, 0.25) is 0 Å². The lowest BCUT2D eigenvalue weighted by Gasteiger charge is -2.03. The van der Waals surface area contributed by atoms with Crippen molar-refractivity contribution in [3.05, 3.63) is 59.9 Å². The minimum Gasteiger partial charge on any atom is -0.508 e. The molecule has 5 nitrogen and oxygen atoms in total. The smallest absolute Gasteiger partial charge is 0.339 e. The number of benzene rings is 2. The van der Waals surface area contributed by atoms with Crippen LogP contribution in [0.2, 0.25) is 0 Å². The van der Waals surface area contributed by atoms with E-state index in [1.165, 1.54) is 18.2 Å². The fourth-order valence-corrected chi connectivity index (χ4v) is 2.05. The second-order valence-electron chi connectivity index (χ2n) is 4.52. The fraction of sp³-hybridized carbons (Fsp3) is 0.0625. The molecule has 3 aromatic rings. The standard InChI is InChI=1S/C16H12O5/c17-11-4-6-12(7-5-11)20-9-13-8-10-2-1-3-14(16(18)19)15(10)21-13/h1-8,17H,9H2,(H,18,19). The maximum absolute atomic E-state index is 11.1. The Morgan fingerprint density at radius 2 is 1.90 bits per heavy atom. The molecule has 0 amide bonds. The van der Waals surface area contributed by atoms with Crippen LogP contribution in [0.4, 0.5) is 0 Å². The van der Waals surface area contributed by atoms with E-state index in [2.05, 4.69) is 0 Å². The summed E-state index contributed by atoms with van der Waals surface area (Å²) in [6.07, 6.45) is 0. The number of ether oxygens (including phenoxy) is 1. The highest BCUT2D eigenvalue weighted by molar-refractivity contribution is 6.01. The Kier molecular flexibility index (Phi) is 3.23. The Balaban J connectivity index is 1.83. The Morgan fingerprint density at radius 3 is 2.62 bits per heavy atom. The van der Waals surface area contributed by atoms with Crippen molar-refractivity contribution in [1.82, 2.24) is 0 Å². The van der Waals surface area contributed by atoms with Gasteiger partial charge in [0.15, 0.2) is 0 Å². The number of aromatic hydroxyl groups is 1. The average Bonchev–Trinajstić information content (AvgIpc) is 2.89. The Bertz CT molecular complexity index is 786. The maximum atomic E-state index is 11.1. The molecule has 3 rings (SSSR count). The van der Waals surface area contributed by atoms with E-state index in [0.29, 0.717) is 17.1 Å². The first-order valence-corrected chi connectivity index (χ1v) is 6.30. The summed E-state index contributed by atoms with van der Waals surface area (Å²) in [5, 5.41) is 19.0. The molecule has 0 bridgehead atoms. The van der Waals surface area contributed by atoms with Crippen molar-refractivity contribution in [2.45, 2.75) is 6.61 Å². The predicted octanol–water partition coefficient (Wildman–Crippen LogP) is 3.42. The minimum absolute atomic E-state index is 0.128. The quantitative estimate of drug-likeness (QED) is 0.767. The number of carboxylic acid groups (broad SMARTS) is 1. The van der Waals surface area contributed by atoms with Crippen molar-refractivity contribution in [3.63, 3.8) is 0 Å². The molecule has 1 aromatic heterocycles. The van der Waals surface area contributed by atoms with Crippen molar-refractivity contribution in [2.75, 3.05) is 0 Å². The van der Waals surface area contributed by atoms with Crippen molar-refractivity contribution in [2.24, 2.45) is 0 Å². The minimum atomic E-state index is -1.03. The van der Waals surface area contributed by atoms with E-state index < -0.39 is 5.97 Å². The summed E-state index contributed by atoms with van der Waals surface area (Å²) in [5.41, 5.74) is 0.470. The van der Waals surface area contributed by atoms with Crippen LogP contribution < -0.4 is 4.74 Å². The summed E-state index contributed by atoms with van der Waals surface area (Å²) >= 11 is 0. The normalized spacial score (nSPS) is 10.7. The van der Waals surface area contributed by atoms with Crippen molar-refractivity contribution >= 4 is 16.9 Å². The number of para-hydroxylation sites is 1. The molecule has 0 unspecified atom stereocenters. The second-order valence-corrected chi connectivity index (χ2v) is 4.52. The third kappa shape index (κ3) is 2.67. The second kappa shape index (κ2) is 5.20. The largest absolute Gasteiger partial charge is 0.508 e. The molecule has 0 radical (unpaired) electrons. The fourth-order valence-electron chi connectivity index (χ4n) is 2.05. The van der Waals surface area contributed by atoms with E-state index in [9.17, 15) is 9.90 Å². The van der Waals surface area contributed by atoms with Crippen LogP contribution in [0, 0.1) is 0 Å². The topological polar surface area (TPSA) is 79.9 Å². The first kappa shape index (κ1) is 13.1. The molecule has 106 valence electrons. The molecule has 0 fully saturated rings. The summed E-state index contributed by atoms with van der Waals surface area (Å²) < 4.78 is 11.1. The Hall–Kier alpha value is -2.95. The van der Waals surface area contributed by atoms with Gasteiger partial charge in [-0.2, -0.15) is 0 Å². The highest BCUT2D eigenvalue weighted by Crippen LogP contribution is 2.24. The van der Waals surface area contributed by atoms with E-state index in [0.717, 1.165) is 5.39 Å². The van der Waals surface area contributed by atoms with Crippen LogP contribution in [0.15, 0.2) is 52.9 Å². The van der Waals surface area contributed by atoms with Crippen molar-refractivity contribution in [1.29, 1.82) is 0 Å². The number of phenolic OH excluding ortho intramolecular Hbond substituents is 1. The number of fused-ring (bicyclic) bond motifs is 1. The number of aromatic carboxylic acids is 1. The van der Waals surface area contributed by atoms with E-state index in [1.807, 2.05) is 0 Å². The summed E-state index contributed by atoms with van der Waals surface area (Å²) in [4.78, 5) is 11.1. The van der Waals surface area contributed by atoms with Crippen LogP contribution in [-0.2, 0) is 6.61 Å². The van der Waals surface area contributed by atoms with Gasteiger partial charge in [0.05, 0.1) is 0 Å². The molecule has 0 aliphatic rings. The van der Waals surface area contributed by atoms with Gasteiger partial charge in [-0.05, 0) is 36.4 Å². The van der Waals surface area contributed by atoms with Crippen LogP contribution in [0.25, 0.3) is 11.0 Å². The van der Waals surface area contributed by atoms with Gasteiger partial charge in [0.1, 0.15) is 35.0 Å². The summed E-state index contributed by atoms with van der Waals surface area (Å²) in [6, 6.07) is 13.0. The van der Waals surface area contributed by atoms with Crippen LogP contribution >= 0.6 is 0 Å². The van der Waals surface area contributed by atoms with Crippen LogP contribution in [-0.4, -0.2) is 16.2 Å². The van der Waals surface area contributed by atoms with Gasteiger partial charge < -0.3 is 19.4 Å². The molecule has 5 heteroatoms. The number of carbonyl (C=O) groups is 1. The SMILES string of the molecule is O=C(O)c1cccc2cc(COc3ccc(O)cc3)oc12. The Morgan fingerprint density at radius 1 is 1.14 bits per heavy atom. The third-order valence-electron chi connectivity index (χ3n) is 3.04. The average molecular weight is 284 g/mol. The van der Waals surface area contributed by atoms with E-state index >= 15 is 0 Å². The summed E-state index contributed by atoms with van der Waals surface area (Å²) in [6.45, 7) is 0.179. The molecule has 0 aliphatic carbocycles. The van der Waals surface area contributed by atoms with Crippen molar-refractivity contribution < 1.29 is 24.2 Å². The number of furan rings is 1. The van der Waals surface area contributed by atoms with Gasteiger partial charge in [-0.15, -0.1) is 0 Å². The molecule has 0 atom stereocenters. The zero-order valence-corrected chi connectivity index (χ0v) is 10.9. The number of rotatable bonds is 4. The van der Waals surface area contributed by atoms with E-state index in [-0.39, 0.29) is 17.9 Å². The molecule has 21 heavy (non-hydrogen) atoms. The molecular formula is C16H12O5. The lowest BCUT2D eigenvalue weighted by atomic mass is 10.1. The van der Waals surface area contributed by atoms with Gasteiger partial charge in [-0.25, -0.2) is 4.79 Å². The molecule has 2 aromatic carbocycles. The monoisotopic (exact) mass is 284 g/mol. The first-order chi connectivity index (χ1) is 10.1. The molecule has 2 N–H and O–H groups in total. The van der Waals surface area contributed by atoms with Gasteiger partial charge in [0, 0.05) is 5.39 Å². The van der Waals surface area contributed by atoms with Crippen molar-refractivity contribution in [3.8, 4) is 11.5 Å². The molecular weight excluding hydrogens is 272 g/mol. The van der Waals surface area contributed by atoms with Gasteiger partial charge in [-0.1, -0.05) is 12.1 Å². The number of hydrogen-bond acceptors (Lipinski definition) is 4. The highest BCUT2D eigenvalue weighted by Gasteiger charge is 2.13. The van der Waals surface area contributed by atoms with Crippen LogP contribution in [0.3, 0.4) is 0 Å². The molecule has 0 saturated heterocycles. The predicted molar refractivity (Wildman–Crippen MR) is 75.6 cm³/mol. The molecule has 0 spiro atoms. The maximum Gasteiger partial charge on any atom is 0.339 e. The molecule has 0 aliphatic heterocycles. The summed E-state index contributed by atoms with van der Waals surface area (Å²) in [7, 11) is 0. The zero-order chi connectivity index (χ0) is 14.8. The summed E-state index contributed by atoms with van der Waals surface area (Å²) in [5.74, 6) is 0.261. The molecule has 0 saturated carbocycles. The lowest BCUT2D eigenvalue weighted by molar-refractivity contribution is 0.0697. The van der Waals surface area contributed by atoms with Gasteiger partial charge in [-0.3, -0.25) is 0 Å². The van der Waals surface area contributed by atoms with Gasteiger partial charge in [0.25, 0.3) is 0 Å². The van der Waals surface area contributed by atoms with E-state index in [4.69, 9.17) is 14.3 Å². The number of carboxylic acids is 1. The third-order valence-corrected chi connectivity index (χ3v) is 3.04. The Labute approximate surface area is 120 Å². The lowest BCUT2D eigenvalue weighted by Crippen LogP contribution is -1.95. The van der Waals surface area contributed by atoms with Crippen LogP contribution in [0.1, 0.15) is 16.1 Å². The zero-order valence-electron chi connectivity index (χ0n) is 10.9. The van der Waals surface area contributed by atoms with Gasteiger partial charge >= 0.3 is 5.97 Å².